The summed E-state index contributed by atoms with van der Waals surface area (Å²) in [5.74, 6) is -0.451. The van der Waals surface area contributed by atoms with E-state index in [1.165, 1.54) is 12.1 Å². The van der Waals surface area contributed by atoms with Crippen LogP contribution in [-0.4, -0.2) is 53.4 Å². The second-order valence-electron chi connectivity index (χ2n) is 8.15. The normalized spacial score (nSPS) is 15.5. The maximum atomic E-state index is 13.8. The van der Waals surface area contributed by atoms with E-state index in [2.05, 4.69) is 27.4 Å². The van der Waals surface area contributed by atoms with Crippen molar-refractivity contribution in [2.45, 2.75) is 26.3 Å². The van der Waals surface area contributed by atoms with Gasteiger partial charge in [0.15, 0.2) is 0 Å². The van der Waals surface area contributed by atoms with Crippen molar-refractivity contribution in [2.24, 2.45) is 0 Å². The fraction of sp³-hybridized carbons (Fsp3) is 0.360. The lowest BCUT2D eigenvalue weighted by Gasteiger charge is -2.33. The number of hydrogen-bond donors (Lipinski definition) is 1. The maximum Gasteiger partial charge on any atom is 0.241 e. The van der Waals surface area contributed by atoms with Crippen LogP contribution in [0.5, 0.6) is 0 Å². The highest BCUT2D eigenvalue weighted by molar-refractivity contribution is 5.83. The Morgan fingerprint density at radius 3 is 2.53 bits per heavy atom. The summed E-state index contributed by atoms with van der Waals surface area (Å²) in [4.78, 5) is 15.1. The zero-order valence-electron chi connectivity index (χ0n) is 18.6. The van der Waals surface area contributed by atoms with E-state index >= 15 is 0 Å². The summed E-state index contributed by atoms with van der Waals surface area (Å²) >= 11 is 0. The van der Waals surface area contributed by atoms with E-state index in [1.54, 1.807) is 12.1 Å². The second kappa shape index (κ2) is 10.1. The Kier molecular flexibility index (Phi) is 6.97. The molecule has 168 valence electrons. The molecule has 6 nitrogen and oxygen atoms in total. The van der Waals surface area contributed by atoms with Crippen LogP contribution in [0.4, 0.5) is 4.39 Å². The number of nitrogens with one attached hydrogen (secondary N) is 1. The van der Waals surface area contributed by atoms with Crippen molar-refractivity contribution in [1.29, 1.82) is 0 Å². The minimum absolute atomic E-state index is 0.114. The third kappa shape index (κ3) is 5.23. The number of nitrogens with zero attached hydrogens (tertiary/aromatic N) is 3. The molecule has 32 heavy (non-hydrogen) atoms. The molecule has 1 aromatic heterocycles. The smallest absolute Gasteiger partial charge is 0.241 e. The highest BCUT2D eigenvalue weighted by atomic mass is 19.1. The van der Waals surface area contributed by atoms with Crippen LogP contribution in [-0.2, 0) is 16.0 Å². The summed E-state index contributed by atoms with van der Waals surface area (Å²) in [6.45, 7) is 6.95. The monoisotopic (exact) mass is 436 g/mol. The van der Waals surface area contributed by atoms with E-state index in [0.29, 0.717) is 44.8 Å². The fourth-order valence-electron chi connectivity index (χ4n) is 4.16. The Bertz CT molecular complexity index is 1060. The van der Waals surface area contributed by atoms with Crippen LogP contribution in [0, 0.1) is 19.7 Å². The molecule has 0 bridgehead atoms. The average Bonchev–Trinajstić information content (AvgIpc) is 3.13. The first-order valence-corrected chi connectivity index (χ1v) is 11.0. The summed E-state index contributed by atoms with van der Waals surface area (Å²) in [6.07, 6.45) is 0.710. The molecule has 1 atom stereocenters. The molecule has 0 radical (unpaired) electrons. The highest BCUT2D eigenvalue weighted by Gasteiger charge is 2.29. The van der Waals surface area contributed by atoms with Gasteiger partial charge in [-0.05, 0) is 61.7 Å². The number of halogens is 1. The number of amides is 1. The lowest BCUT2D eigenvalue weighted by molar-refractivity contribution is -0.128. The van der Waals surface area contributed by atoms with Gasteiger partial charge in [-0.3, -0.25) is 9.69 Å². The predicted octanol–water partition coefficient (Wildman–Crippen LogP) is 3.36. The van der Waals surface area contributed by atoms with Crippen molar-refractivity contribution >= 4 is 5.91 Å². The van der Waals surface area contributed by atoms with E-state index < -0.39 is 6.04 Å². The molecule has 1 amide bonds. The molecule has 0 spiro atoms. The molecule has 2 heterocycles. The molecule has 1 aliphatic heterocycles. The molecular formula is C25H29FN4O2. The van der Waals surface area contributed by atoms with E-state index in [1.807, 2.05) is 36.7 Å². The molecule has 1 fully saturated rings. The third-order valence-corrected chi connectivity index (χ3v) is 5.73. The van der Waals surface area contributed by atoms with Crippen molar-refractivity contribution in [2.75, 3.05) is 32.8 Å². The van der Waals surface area contributed by atoms with E-state index in [4.69, 9.17) is 4.74 Å². The van der Waals surface area contributed by atoms with Crippen molar-refractivity contribution in [3.63, 3.8) is 0 Å². The lowest BCUT2D eigenvalue weighted by atomic mass is 10.0. The molecule has 4 rings (SSSR count). The second-order valence-corrected chi connectivity index (χ2v) is 8.15. The van der Waals surface area contributed by atoms with Gasteiger partial charge in [-0.15, -0.1) is 0 Å². The van der Waals surface area contributed by atoms with Gasteiger partial charge in [0, 0.05) is 25.3 Å². The van der Waals surface area contributed by atoms with Gasteiger partial charge in [-0.1, -0.05) is 24.3 Å². The number of carbonyl (C=O) groups excluding carboxylic acids is 1. The summed E-state index contributed by atoms with van der Waals surface area (Å²) in [5, 5.41) is 7.56. The van der Waals surface area contributed by atoms with Crippen molar-refractivity contribution in [1.82, 2.24) is 20.0 Å². The minimum Gasteiger partial charge on any atom is -0.379 e. The number of aryl methyl sites for hydroxylation is 2. The van der Waals surface area contributed by atoms with Gasteiger partial charge in [0.2, 0.25) is 5.91 Å². The first kappa shape index (κ1) is 22.2. The Hall–Kier alpha value is -3.03. The molecule has 0 aliphatic carbocycles. The van der Waals surface area contributed by atoms with Crippen molar-refractivity contribution in [3.05, 3.63) is 82.9 Å². The van der Waals surface area contributed by atoms with Crippen LogP contribution in [0.3, 0.4) is 0 Å². The zero-order chi connectivity index (χ0) is 22.5. The van der Waals surface area contributed by atoms with Gasteiger partial charge in [0.1, 0.15) is 11.9 Å². The number of carbonyl (C=O) groups is 1. The molecule has 7 heteroatoms. The van der Waals surface area contributed by atoms with Crippen LogP contribution in [0.25, 0.3) is 5.69 Å². The molecule has 1 N–H and O–H groups in total. The van der Waals surface area contributed by atoms with Crippen LogP contribution in [0.2, 0.25) is 0 Å². The third-order valence-electron chi connectivity index (χ3n) is 5.73. The van der Waals surface area contributed by atoms with Crippen LogP contribution in [0.1, 0.15) is 28.6 Å². The molecule has 3 aromatic rings. The predicted molar refractivity (Wildman–Crippen MR) is 121 cm³/mol. The summed E-state index contributed by atoms with van der Waals surface area (Å²) < 4.78 is 21.2. The molecule has 1 saturated heterocycles. The van der Waals surface area contributed by atoms with E-state index in [0.717, 1.165) is 22.6 Å². The average molecular weight is 437 g/mol. The quantitative estimate of drug-likeness (QED) is 0.617. The number of morpholine rings is 1. The Morgan fingerprint density at radius 2 is 1.88 bits per heavy atom. The number of ether oxygens (including phenoxy) is 1. The van der Waals surface area contributed by atoms with Crippen molar-refractivity contribution in [3.8, 4) is 5.69 Å². The Labute approximate surface area is 188 Å². The van der Waals surface area contributed by atoms with Gasteiger partial charge in [0.05, 0.1) is 24.6 Å². The van der Waals surface area contributed by atoms with Crippen LogP contribution >= 0.6 is 0 Å². The number of hydrogen-bond acceptors (Lipinski definition) is 4. The molecule has 0 saturated carbocycles. The number of rotatable bonds is 7. The summed E-state index contributed by atoms with van der Waals surface area (Å²) in [6, 6.07) is 16.0. The molecule has 2 aromatic carbocycles. The fourth-order valence-corrected chi connectivity index (χ4v) is 4.16. The van der Waals surface area contributed by atoms with Crippen molar-refractivity contribution < 1.29 is 13.9 Å². The van der Waals surface area contributed by atoms with Crippen LogP contribution in [0.15, 0.2) is 54.6 Å². The number of benzene rings is 2. The first-order valence-electron chi connectivity index (χ1n) is 11.0. The molecule has 1 unspecified atom stereocenters. The van der Waals surface area contributed by atoms with Gasteiger partial charge >= 0.3 is 0 Å². The Balaban J connectivity index is 1.39. The topological polar surface area (TPSA) is 59.4 Å². The minimum atomic E-state index is -0.525. The van der Waals surface area contributed by atoms with E-state index in [-0.39, 0.29) is 11.7 Å². The maximum absolute atomic E-state index is 13.8. The zero-order valence-corrected chi connectivity index (χ0v) is 18.6. The standard InChI is InChI=1S/C25H29FN4O2/c1-18-16-19(2)30(28-18)23-8-6-20(7-9-23)10-11-27-25(31)24(29-12-14-32-15-13-29)21-4-3-5-22(26)17-21/h3-9,16-17,24H,10-15H2,1-2H3,(H,27,31). The Morgan fingerprint density at radius 1 is 1.12 bits per heavy atom. The lowest BCUT2D eigenvalue weighted by Crippen LogP contribution is -2.46. The van der Waals surface area contributed by atoms with Gasteiger partial charge in [0.25, 0.3) is 0 Å². The summed E-state index contributed by atoms with van der Waals surface area (Å²) in [7, 11) is 0. The van der Waals surface area contributed by atoms with Gasteiger partial charge < -0.3 is 10.1 Å². The van der Waals surface area contributed by atoms with Crippen LogP contribution < -0.4 is 5.32 Å². The number of aromatic nitrogens is 2. The largest absolute Gasteiger partial charge is 0.379 e. The van der Waals surface area contributed by atoms with Gasteiger partial charge in [-0.2, -0.15) is 5.10 Å². The SMILES string of the molecule is Cc1cc(C)n(-c2ccc(CCNC(=O)C(c3cccc(F)c3)N3CCOCC3)cc2)n1. The summed E-state index contributed by atoms with van der Waals surface area (Å²) in [5.41, 5.74) is 4.89. The molecular weight excluding hydrogens is 407 g/mol. The van der Waals surface area contributed by atoms with E-state index in [9.17, 15) is 9.18 Å². The highest BCUT2D eigenvalue weighted by Crippen LogP contribution is 2.23. The molecule has 1 aliphatic rings. The van der Waals surface area contributed by atoms with Gasteiger partial charge in [-0.25, -0.2) is 9.07 Å². The first-order chi connectivity index (χ1) is 15.5.